The molecular formula is C24H38. The Labute approximate surface area is 150 Å². The predicted molar refractivity (Wildman–Crippen MR) is 106 cm³/mol. The molecule has 2 saturated carbocycles. The summed E-state index contributed by atoms with van der Waals surface area (Å²) in [6.45, 7) is 14.5. The van der Waals surface area contributed by atoms with E-state index in [4.69, 9.17) is 0 Å². The lowest BCUT2D eigenvalue weighted by atomic mass is 9.66. The third-order valence-electron chi connectivity index (χ3n) is 7.35. The van der Waals surface area contributed by atoms with Crippen LogP contribution in [0.5, 0.6) is 0 Å². The monoisotopic (exact) mass is 326 g/mol. The largest absolute Gasteiger partial charge is 0.0599 e. The van der Waals surface area contributed by atoms with Crippen LogP contribution < -0.4 is 0 Å². The Bertz CT molecular complexity index is 570. The van der Waals surface area contributed by atoms with Gasteiger partial charge in [-0.3, -0.25) is 0 Å². The molecule has 0 atom stereocenters. The highest BCUT2D eigenvalue weighted by molar-refractivity contribution is 5.44. The second-order valence-corrected chi connectivity index (χ2v) is 10.4. The minimum absolute atomic E-state index is 0.559. The predicted octanol–water partition coefficient (Wildman–Crippen LogP) is 7.67. The number of rotatable bonds is 2. The van der Waals surface area contributed by atoms with Gasteiger partial charge in [0.15, 0.2) is 0 Å². The molecule has 1 aromatic rings. The minimum Gasteiger partial charge on any atom is -0.0599 e. The number of hydrogen-bond donors (Lipinski definition) is 0. The summed E-state index contributed by atoms with van der Waals surface area (Å²) < 4.78 is 0. The maximum atomic E-state index is 2.50. The summed E-state index contributed by atoms with van der Waals surface area (Å²) in [5.41, 5.74) is 7.69. The number of benzene rings is 1. The molecule has 0 heteroatoms. The van der Waals surface area contributed by atoms with E-state index >= 15 is 0 Å². The zero-order chi connectivity index (χ0) is 17.5. The second-order valence-electron chi connectivity index (χ2n) is 10.4. The topological polar surface area (TPSA) is 0 Å². The minimum atomic E-state index is 0.559. The van der Waals surface area contributed by atoms with Crippen LogP contribution in [0.25, 0.3) is 0 Å². The van der Waals surface area contributed by atoms with E-state index in [2.05, 4.69) is 53.7 Å². The first kappa shape index (κ1) is 18.0. The van der Waals surface area contributed by atoms with Crippen LogP contribution in [0.3, 0.4) is 0 Å². The molecule has 3 rings (SSSR count). The van der Waals surface area contributed by atoms with Crippen molar-refractivity contribution in [1.29, 1.82) is 0 Å². The normalized spacial score (nSPS) is 24.9. The van der Waals surface area contributed by atoms with Gasteiger partial charge in [-0.25, -0.2) is 0 Å². The van der Waals surface area contributed by atoms with Crippen molar-refractivity contribution in [2.24, 2.45) is 10.8 Å². The summed E-state index contributed by atoms with van der Waals surface area (Å²) in [5, 5.41) is 0. The smallest absolute Gasteiger partial charge is 0.0156 e. The molecule has 0 unspecified atom stereocenters. The van der Waals surface area contributed by atoms with E-state index in [1.54, 1.807) is 16.7 Å². The molecule has 1 aromatic carbocycles. The van der Waals surface area contributed by atoms with Crippen molar-refractivity contribution in [1.82, 2.24) is 0 Å². The van der Waals surface area contributed by atoms with E-state index in [-0.39, 0.29) is 0 Å². The summed E-state index contributed by atoms with van der Waals surface area (Å²) in [5.74, 6) is 1.62. The Morgan fingerprint density at radius 3 is 1.67 bits per heavy atom. The van der Waals surface area contributed by atoms with E-state index in [1.165, 1.54) is 56.9 Å². The molecule has 2 fully saturated rings. The van der Waals surface area contributed by atoms with Gasteiger partial charge in [0.1, 0.15) is 0 Å². The van der Waals surface area contributed by atoms with Crippen LogP contribution in [0.1, 0.15) is 113 Å². The van der Waals surface area contributed by atoms with Gasteiger partial charge in [-0.05, 0) is 110 Å². The molecule has 0 nitrogen and oxygen atoms in total. The lowest BCUT2D eigenvalue weighted by molar-refractivity contribution is 0.215. The van der Waals surface area contributed by atoms with Gasteiger partial charge in [-0.1, -0.05) is 39.8 Å². The van der Waals surface area contributed by atoms with Gasteiger partial charge in [0.05, 0.1) is 0 Å². The first-order valence-electron chi connectivity index (χ1n) is 10.3. The van der Waals surface area contributed by atoms with Gasteiger partial charge in [0.2, 0.25) is 0 Å². The molecule has 0 heterocycles. The average molecular weight is 327 g/mol. The fourth-order valence-electron chi connectivity index (χ4n) is 5.15. The zero-order valence-corrected chi connectivity index (χ0v) is 17.0. The molecule has 0 bridgehead atoms. The summed E-state index contributed by atoms with van der Waals surface area (Å²) >= 11 is 0. The molecule has 0 spiro atoms. The van der Waals surface area contributed by atoms with Crippen molar-refractivity contribution >= 4 is 0 Å². The average Bonchev–Trinajstić information content (AvgIpc) is 2.51. The molecule has 134 valence electrons. The Morgan fingerprint density at radius 1 is 0.708 bits per heavy atom. The number of hydrogen-bond acceptors (Lipinski definition) is 0. The van der Waals surface area contributed by atoms with Crippen LogP contribution in [-0.4, -0.2) is 0 Å². The first-order chi connectivity index (χ1) is 11.2. The van der Waals surface area contributed by atoms with Gasteiger partial charge in [-0.2, -0.15) is 0 Å². The lowest BCUT2D eigenvalue weighted by Gasteiger charge is -2.39. The Morgan fingerprint density at radius 2 is 1.17 bits per heavy atom. The fourth-order valence-corrected chi connectivity index (χ4v) is 5.15. The van der Waals surface area contributed by atoms with Gasteiger partial charge >= 0.3 is 0 Å². The van der Waals surface area contributed by atoms with Crippen LogP contribution in [0, 0.1) is 24.7 Å². The maximum absolute atomic E-state index is 2.50. The van der Waals surface area contributed by atoms with Crippen molar-refractivity contribution in [2.45, 2.75) is 105 Å². The Kier molecular flexibility index (Phi) is 4.89. The molecule has 2 aliphatic rings. The van der Waals surface area contributed by atoms with Crippen molar-refractivity contribution in [2.75, 3.05) is 0 Å². The number of aryl methyl sites for hydroxylation is 1. The summed E-state index contributed by atoms with van der Waals surface area (Å²) in [6, 6.07) is 4.89. The standard InChI is InChI=1S/C24H38/c1-17-7-8-21(19-9-13-23(3,4)14-10-19)22(18(17)2)20-11-15-24(5,6)16-12-20/h7-8,19-20H,9-16H2,1-6H3. The van der Waals surface area contributed by atoms with Crippen LogP contribution in [0.2, 0.25) is 0 Å². The third kappa shape index (κ3) is 3.73. The van der Waals surface area contributed by atoms with Crippen LogP contribution >= 0.6 is 0 Å². The Hall–Kier alpha value is -0.780. The summed E-state index contributed by atoms with van der Waals surface area (Å²) in [4.78, 5) is 0. The van der Waals surface area contributed by atoms with E-state index in [9.17, 15) is 0 Å². The van der Waals surface area contributed by atoms with E-state index < -0.39 is 0 Å². The summed E-state index contributed by atoms with van der Waals surface area (Å²) in [6.07, 6.45) is 11.1. The molecule has 0 N–H and O–H groups in total. The van der Waals surface area contributed by atoms with Crippen molar-refractivity contribution in [3.8, 4) is 0 Å². The quantitative estimate of drug-likeness (QED) is 0.523. The first-order valence-corrected chi connectivity index (χ1v) is 10.3. The second kappa shape index (κ2) is 6.50. The molecule has 0 aliphatic heterocycles. The molecule has 0 saturated heterocycles. The molecule has 0 aromatic heterocycles. The third-order valence-corrected chi connectivity index (χ3v) is 7.35. The lowest BCUT2D eigenvalue weighted by Crippen LogP contribution is -2.24. The molecule has 0 amide bonds. The van der Waals surface area contributed by atoms with E-state index in [1.807, 2.05) is 0 Å². The summed E-state index contributed by atoms with van der Waals surface area (Å²) in [7, 11) is 0. The van der Waals surface area contributed by atoms with Crippen LogP contribution in [0.15, 0.2) is 12.1 Å². The molecule has 2 aliphatic carbocycles. The van der Waals surface area contributed by atoms with Gasteiger partial charge < -0.3 is 0 Å². The van der Waals surface area contributed by atoms with Gasteiger partial charge in [0, 0.05) is 0 Å². The van der Waals surface area contributed by atoms with Gasteiger partial charge in [0.25, 0.3) is 0 Å². The van der Waals surface area contributed by atoms with E-state index in [0.717, 1.165) is 11.8 Å². The molecule has 0 radical (unpaired) electrons. The fraction of sp³-hybridized carbons (Fsp3) is 0.750. The van der Waals surface area contributed by atoms with Crippen molar-refractivity contribution < 1.29 is 0 Å². The highest BCUT2D eigenvalue weighted by atomic mass is 14.4. The zero-order valence-electron chi connectivity index (χ0n) is 17.0. The van der Waals surface area contributed by atoms with Crippen LogP contribution in [0.4, 0.5) is 0 Å². The molecular weight excluding hydrogens is 288 g/mol. The van der Waals surface area contributed by atoms with Crippen LogP contribution in [-0.2, 0) is 0 Å². The van der Waals surface area contributed by atoms with Crippen molar-refractivity contribution in [3.05, 3.63) is 34.4 Å². The maximum Gasteiger partial charge on any atom is -0.0156 e. The highest BCUT2D eigenvalue weighted by Crippen LogP contribution is 2.49. The highest BCUT2D eigenvalue weighted by Gasteiger charge is 2.33. The van der Waals surface area contributed by atoms with Crippen molar-refractivity contribution in [3.63, 3.8) is 0 Å². The van der Waals surface area contributed by atoms with Gasteiger partial charge in [-0.15, -0.1) is 0 Å². The SMILES string of the molecule is Cc1ccc(C2CCC(C)(C)CC2)c(C2CCC(C)(C)CC2)c1C. The molecule has 24 heavy (non-hydrogen) atoms. The Balaban J connectivity index is 1.89. The van der Waals surface area contributed by atoms with E-state index in [0.29, 0.717) is 10.8 Å².